The maximum absolute atomic E-state index is 12.4. The Balaban J connectivity index is 0.000000512. The first-order valence-electron chi connectivity index (χ1n) is 34.5. The molecule has 59 heteroatoms. The van der Waals surface area contributed by atoms with Crippen molar-refractivity contribution in [1.82, 2.24) is 24.9 Å². The third-order valence-electron chi connectivity index (χ3n) is 14.0. The molecule has 0 aliphatic carbocycles. The van der Waals surface area contributed by atoms with Crippen molar-refractivity contribution in [3.8, 4) is 0 Å². The van der Waals surface area contributed by atoms with Crippen molar-refractivity contribution < 1.29 is 214 Å². The molecule has 32 nitrogen and oxygen atoms in total. The van der Waals surface area contributed by atoms with E-state index in [1.165, 1.54) is 138 Å². The Labute approximate surface area is 916 Å². The van der Waals surface area contributed by atoms with E-state index in [1.807, 2.05) is 64.7 Å². The van der Waals surface area contributed by atoms with Crippen LogP contribution >= 0.6 is 174 Å². The van der Waals surface area contributed by atoms with Crippen LogP contribution in [0.15, 0.2) is 304 Å². The molecule has 6 N–H and O–H groups in total. The van der Waals surface area contributed by atoms with Crippen molar-refractivity contribution in [3.05, 3.63) is 245 Å². The van der Waals surface area contributed by atoms with Gasteiger partial charge in [0.1, 0.15) is 40.5 Å². The molecule has 0 bridgehead atoms. The fraction of sp³-hybridized carbons (Fsp3) is 0.151. The quantitative estimate of drug-likeness (QED) is 0.00945. The zero-order valence-corrected chi connectivity index (χ0v) is 96.3. The number of pyridine rings is 5. The number of aliphatic hydroxyl groups excluding tert-OH is 2. The molecule has 706 valence electrons. The van der Waals surface area contributed by atoms with Gasteiger partial charge in [-0.05, 0) is 168 Å². The van der Waals surface area contributed by atoms with Crippen LogP contribution < -0.4 is 119 Å². The van der Waals surface area contributed by atoms with E-state index >= 15 is 0 Å². The van der Waals surface area contributed by atoms with E-state index in [0.29, 0.717) is 23.5 Å². The molecule has 14 rings (SSSR count). The summed E-state index contributed by atoms with van der Waals surface area (Å²) in [6, 6.07) is 52.4. The number of thiol groups is 2. The predicted octanol–water partition coefficient (Wildman–Crippen LogP) is 7.67. The third kappa shape index (κ3) is 42.9. The van der Waals surface area contributed by atoms with Gasteiger partial charge in [-0.1, -0.05) is 95.3 Å². The van der Waals surface area contributed by atoms with Crippen LogP contribution in [0.25, 0.3) is 0 Å². The van der Waals surface area contributed by atoms with Gasteiger partial charge in [-0.3, -0.25) is 4.79 Å². The number of aliphatic hydroxyl groups is 2. The summed E-state index contributed by atoms with van der Waals surface area (Å²) in [4.78, 5) is 33.4. The van der Waals surface area contributed by atoms with E-state index < -0.39 is 98.4 Å². The Kier molecular flexibility index (Phi) is 53.4. The zero-order chi connectivity index (χ0) is 97.4. The molecule has 0 unspecified atom stereocenters. The van der Waals surface area contributed by atoms with Gasteiger partial charge in [0.2, 0.25) is 29.5 Å². The molecule has 132 heavy (non-hydrogen) atoms. The van der Waals surface area contributed by atoms with Crippen molar-refractivity contribution in [2.45, 2.75) is 114 Å². The van der Waals surface area contributed by atoms with E-state index in [2.05, 4.69) is 55.1 Å². The van der Waals surface area contributed by atoms with Gasteiger partial charge in [-0.2, -0.15) is 0 Å². The number of halogens is 2. The van der Waals surface area contributed by atoms with E-state index in [1.54, 1.807) is 82.5 Å². The van der Waals surface area contributed by atoms with Crippen LogP contribution in [0, 0.1) is 0 Å². The molecule has 14 heterocycles. The molecule has 0 aliphatic heterocycles. The number of nitrogens with two attached hydrogens (primary N) is 2. The first-order chi connectivity index (χ1) is 60.5. The monoisotopic (exact) mass is 2330 g/mol. The third-order valence-corrected chi connectivity index (χ3v) is 41.8. The van der Waals surface area contributed by atoms with E-state index in [4.69, 9.17) is 54.9 Å². The fourth-order valence-corrected chi connectivity index (χ4v) is 29.3. The molecule has 0 radical (unpaired) electrons. The average Bonchev–Trinajstić information content (AvgIpc) is 1.69. The normalized spacial score (nSPS) is 11.4. The second kappa shape index (κ2) is 57.2. The number of carbonyl (C=O) groups excluding carboxylic acids is 1. The molecule has 0 saturated carbocycles. The molecule has 0 atom stereocenters. The van der Waals surface area contributed by atoms with Gasteiger partial charge in [-0.15, -0.1) is 127 Å². The minimum atomic E-state index is -3.88. The Morgan fingerprint density at radius 3 is 0.962 bits per heavy atom. The van der Waals surface area contributed by atoms with Crippen molar-refractivity contribution >= 4 is 279 Å². The number of thiophene rings is 9. The minimum Gasteiger partial charge on any atom is -1.00 e. The van der Waals surface area contributed by atoms with Gasteiger partial charge in [0.25, 0.3) is 6.47 Å². The molecule has 14 aromatic rings. The van der Waals surface area contributed by atoms with Crippen LogP contribution in [-0.2, 0) is 134 Å². The van der Waals surface area contributed by atoms with Gasteiger partial charge in [0.05, 0.1) is 34.4 Å². The van der Waals surface area contributed by atoms with E-state index in [0.717, 1.165) is 132 Å². The second-order valence-electron chi connectivity index (χ2n) is 24.4. The van der Waals surface area contributed by atoms with Crippen molar-refractivity contribution in [2.24, 2.45) is 11.5 Å². The van der Waals surface area contributed by atoms with Crippen LogP contribution in [0.4, 0.5) is 0 Å². The molecule has 0 amide bonds. The molecule has 0 aliphatic rings. The van der Waals surface area contributed by atoms with Gasteiger partial charge in [0, 0.05) is 76.4 Å². The standard InChI is InChI=1S/C11H12N2O4S3.C11H11NO5S3.C11H11NO3S3.C10H11NO4S4.C10H9NO2S3.C6H6ClNO2S.C5H5ClO2S2.2C4H4S2.CH2O3.2K.H/c1-19(14,15)9-3-2-4-10(13-9)20(16,17)11-6-5-8(7-12)18-11;1-19(14,15)9-3-2-4-10(12-9)20(16,17)11-6-5-8(7-13)18-11;1-18(14,15)10-4-2-3-9(12-10)17-11-6-5-8(7-13)16-11;1-18(12,13)8-4-5-10(17-8)19(14,15)9-3-2-7(6-11)16-9;1-16(12,13)9-5-2-4-8(11-9)15-10-6-3-7-14-10;1-11(9,10)6-4-2-3-5(7)8-6;1-10(7,8)5-3-2-4(6)9-5;2*5-4-2-1-3-6-4;2-1-4-3;;;/h2-6H,7,12H2,1H3;2-6,13H,7H2,1H3;2-6,13H,7H2,1H3;2-5H,6,11H2,1H3;2-7H,1H3;2-4H,1H3;2-3H,1H3;2*1-3,5H;1,3H;;;/q;;;;;;;;;;2*+1;-1/p-1. The van der Waals surface area contributed by atoms with Crippen LogP contribution in [0.1, 0.15) is 20.9 Å². The van der Waals surface area contributed by atoms with Crippen LogP contribution in [0.2, 0.25) is 9.49 Å². The van der Waals surface area contributed by atoms with Crippen molar-refractivity contribution in [2.75, 3.05) is 43.8 Å². The largest absolute Gasteiger partial charge is 1.00 e. The Morgan fingerprint density at radius 1 is 0.356 bits per heavy atom. The number of hydrogen-bond donors (Lipinski definition) is 6. The fourth-order valence-electron chi connectivity index (χ4n) is 8.25. The number of sulfone groups is 10. The molecule has 0 spiro atoms. The second-order valence-corrected chi connectivity index (χ2v) is 60.3. The number of hydrogen-bond acceptors (Lipinski definition) is 45. The smallest absolute Gasteiger partial charge is 1.00 e. The summed E-state index contributed by atoms with van der Waals surface area (Å²) in [5, 5.41) is 32.9. The number of carbonyl (C=O) groups is 1. The van der Waals surface area contributed by atoms with Gasteiger partial charge < -0.3 is 33.3 Å². The Morgan fingerprint density at radius 2 is 0.667 bits per heavy atom. The number of aromatic nitrogens is 5. The number of rotatable bonds is 22. The summed E-state index contributed by atoms with van der Waals surface area (Å²) in [6.45, 7) is 0.106. The van der Waals surface area contributed by atoms with Gasteiger partial charge >= 0.3 is 103 Å². The van der Waals surface area contributed by atoms with Crippen LogP contribution in [0.3, 0.4) is 0 Å². The maximum atomic E-state index is 12.4. The van der Waals surface area contributed by atoms with E-state index in [-0.39, 0.29) is 198 Å². The van der Waals surface area contributed by atoms with Crippen molar-refractivity contribution in [1.29, 1.82) is 0 Å². The SMILES string of the molecule is CS(=O)(=O)c1ccc(Cl)s1.CS(=O)(=O)c1ccc(S(=O)(=O)c2ccc(CN)s2)s1.CS(=O)(=O)c1cccc(Cl)n1.CS(=O)(=O)c1cccc(S(=O)(=O)c2ccc(CN)s2)n1.CS(=O)(=O)c1cccc(S(=O)(=O)c2ccc(CO)s2)n1.CS(=O)(=O)c1cccc(Sc2ccc(CO)s2)n1.CS(=O)(=O)c1cccc(Sc2cccs2)n1.O=CO[O-].Sc1cccs1.Sc1cccs1.[H-].[K+].[K+]. The Hall–Kier alpha value is -2.93. The summed E-state index contributed by atoms with van der Waals surface area (Å²) >= 11 is 33.2. The summed E-state index contributed by atoms with van der Waals surface area (Å²) in [7, 11) is -34.7. The molecular weight excluding hydrogens is 2260 g/mol. The van der Waals surface area contributed by atoms with Crippen LogP contribution in [0.5, 0.6) is 0 Å². The molecule has 0 saturated heterocycles. The molecule has 0 fully saturated rings. The minimum absolute atomic E-state index is 0. The Bertz CT molecular complexity index is 7120. The summed E-state index contributed by atoms with van der Waals surface area (Å²) in [5.41, 5.74) is 10.9. The molecule has 0 aromatic carbocycles. The van der Waals surface area contributed by atoms with E-state index in [9.17, 15) is 84.2 Å². The first kappa shape index (κ1) is 123. The number of nitrogens with zero attached hydrogens (tertiary/aromatic N) is 5. The maximum Gasteiger partial charge on any atom is 1.00 e. The molecular formula is C73H75Cl2K2N7O25S23. The molecule has 14 aromatic heterocycles. The topological polar surface area (TPSA) is 548 Å². The summed E-state index contributed by atoms with van der Waals surface area (Å²) < 4.78 is 236. The summed E-state index contributed by atoms with van der Waals surface area (Å²) in [5.74, 6) is 0. The summed E-state index contributed by atoms with van der Waals surface area (Å²) in [6.07, 6.45) is 7.53. The first-order valence-corrected chi connectivity index (χ1v) is 63.1. The predicted molar refractivity (Wildman–Crippen MR) is 517 cm³/mol. The average molecular weight is 2340 g/mol. The van der Waals surface area contributed by atoms with Gasteiger partial charge in [0.15, 0.2) is 104 Å². The van der Waals surface area contributed by atoms with Crippen molar-refractivity contribution in [3.63, 3.8) is 0 Å². The van der Waals surface area contributed by atoms with Crippen LogP contribution in [-0.4, -0.2) is 170 Å². The zero-order valence-electron chi connectivity index (χ0n) is 70.6. The van der Waals surface area contributed by atoms with Gasteiger partial charge in [-0.25, -0.2) is 109 Å².